The fourth-order valence-corrected chi connectivity index (χ4v) is 5.35. The minimum absolute atomic E-state index is 0.296. The zero-order valence-electron chi connectivity index (χ0n) is 21.1. The van der Waals surface area contributed by atoms with Crippen LogP contribution >= 0.6 is 0 Å². The molecule has 5 heteroatoms. The molecular weight excluding hydrogens is 478 g/mol. The van der Waals surface area contributed by atoms with E-state index in [1.54, 1.807) is 0 Å². The SMILES string of the molecule is N#Cc1ccc(C2C=CC(c3cccc(-c4cccc(-n5c6ccccc6c6cnccc65)n4)n3)=CC2)cc1. The Morgan fingerprint density at radius 3 is 2.33 bits per heavy atom. The number of fused-ring (bicyclic) bond motifs is 3. The molecule has 0 bridgehead atoms. The van der Waals surface area contributed by atoms with Crippen LogP contribution < -0.4 is 0 Å². The minimum Gasteiger partial charge on any atom is -0.294 e. The number of aromatic nitrogens is 4. The molecule has 0 aliphatic heterocycles. The zero-order valence-corrected chi connectivity index (χ0v) is 21.1. The molecule has 1 aliphatic carbocycles. The topological polar surface area (TPSA) is 67.4 Å². The molecule has 6 aromatic rings. The molecule has 184 valence electrons. The normalized spacial score (nSPS) is 14.8. The Hall–Kier alpha value is -5.34. The van der Waals surface area contributed by atoms with Crippen molar-refractivity contribution in [2.24, 2.45) is 0 Å². The number of para-hydroxylation sites is 1. The number of hydrogen-bond donors (Lipinski definition) is 0. The van der Waals surface area contributed by atoms with Gasteiger partial charge in [0.25, 0.3) is 0 Å². The number of hydrogen-bond acceptors (Lipinski definition) is 4. The Morgan fingerprint density at radius 2 is 1.51 bits per heavy atom. The average Bonchev–Trinajstić information content (AvgIpc) is 3.36. The van der Waals surface area contributed by atoms with Crippen LogP contribution in [0.25, 0.3) is 44.6 Å². The van der Waals surface area contributed by atoms with E-state index in [1.807, 2.05) is 79.1 Å². The summed E-state index contributed by atoms with van der Waals surface area (Å²) >= 11 is 0. The van der Waals surface area contributed by atoms with Crippen LogP contribution in [0.2, 0.25) is 0 Å². The molecule has 7 rings (SSSR count). The summed E-state index contributed by atoms with van der Waals surface area (Å²) in [5.41, 5.74) is 7.76. The van der Waals surface area contributed by atoms with Crippen molar-refractivity contribution in [2.75, 3.05) is 0 Å². The van der Waals surface area contributed by atoms with Crippen molar-refractivity contribution in [2.45, 2.75) is 12.3 Å². The van der Waals surface area contributed by atoms with Crippen LogP contribution in [0.5, 0.6) is 0 Å². The maximum atomic E-state index is 9.06. The minimum atomic E-state index is 0.296. The van der Waals surface area contributed by atoms with Crippen molar-refractivity contribution in [3.63, 3.8) is 0 Å². The van der Waals surface area contributed by atoms with Gasteiger partial charge in [-0.25, -0.2) is 9.97 Å². The summed E-state index contributed by atoms with van der Waals surface area (Å²) in [6.07, 6.45) is 11.2. The van der Waals surface area contributed by atoms with Crippen molar-refractivity contribution < 1.29 is 0 Å². The second-order valence-electron chi connectivity index (χ2n) is 9.63. The van der Waals surface area contributed by atoms with Crippen LogP contribution in [0.4, 0.5) is 0 Å². The first-order valence-electron chi connectivity index (χ1n) is 13.0. The van der Waals surface area contributed by atoms with Crippen LogP contribution in [-0.2, 0) is 0 Å². The summed E-state index contributed by atoms with van der Waals surface area (Å²) < 4.78 is 2.19. The van der Waals surface area contributed by atoms with Gasteiger partial charge in [-0.05, 0) is 66.1 Å². The van der Waals surface area contributed by atoms with Gasteiger partial charge in [0.05, 0.1) is 39.7 Å². The quantitative estimate of drug-likeness (QED) is 0.249. The van der Waals surface area contributed by atoms with E-state index in [4.69, 9.17) is 15.2 Å². The summed E-state index contributed by atoms with van der Waals surface area (Å²) in [5, 5.41) is 11.3. The molecule has 1 unspecified atom stereocenters. The maximum Gasteiger partial charge on any atom is 0.138 e. The van der Waals surface area contributed by atoms with Gasteiger partial charge in [-0.2, -0.15) is 5.26 Å². The van der Waals surface area contributed by atoms with E-state index in [-0.39, 0.29) is 0 Å². The maximum absolute atomic E-state index is 9.06. The van der Waals surface area contributed by atoms with Crippen molar-refractivity contribution in [3.8, 4) is 23.3 Å². The van der Waals surface area contributed by atoms with Gasteiger partial charge in [0, 0.05) is 29.1 Å². The van der Waals surface area contributed by atoms with Crippen molar-refractivity contribution in [1.82, 2.24) is 19.5 Å². The monoisotopic (exact) mass is 501 g/mol. The molecule has 0 saturated carbocycles. The van der Waals surface area contributed by atoms with Crippen LogP contribution in [0.1, 0.15) is 29.2 Å². The van der Waals surface area contributed by atoms with Gasteiger partial charge in [-0.15, -0.1) is 0 Å². The van der Waals surface area contributed by atoms with Crippen molar-refractivity contribution >= 4 is 27.4 Å². The molecule has 0 amide bonds. The van der Waals surface area contributed by atoms with E-state index in [0.717, 1.165) is 56.7 Å². The molecule has 1 aliphatic rings. The molecule has 0 N–H and O–H groups in total. The van der Waals surface area contributed by atoms with Gasteiger partial charge in [0.1, 0.15) is 5.82 Å². The molecule has 39 heavy (non-hydrogen) atoms. The first-order valence-corrected chi connectivity index (χ1v) is 13.0. The Labute approximate surface area is 226 Å². The number of rotatable bonds is 4. The molecule has 4 heterocycles. The fourth-order valence-electron chi connectivity index (χ4n) is 5.35. The van der Waals surface area contributed by atoms with Gasteiger partial charge in [-0.1, -0.05) is 60.7 Å². The summed E-state index contributed by atoms with van der Waals surface area (Å²) in [4.78, 5) is 14.4. The fraction of sp³-hybridized carbons (Fsp3) is 0.0588. The van der Waals surface area contributed by atoms with Crippen LogP contribution in [0.15, 0.2) is 122 Å². The molecule has 0 saturated heterocycles. The van der Waals surface area contributed by atoms with Gasteiger partial charge >= 0.3 is 0 Å². The number of benzene rings is 2. The molecule has 1 atom stereocenters. The highest BCUT2D eigenvalue weighted by Gasteiger charge is 2.15. The van der Waals surface area contributed by atoms with E-state index >= 15 is 0 Å². The second kappa shape index (κ2) is 9.51. The van der Waals surface area contributed by atoms with Gasteiger partial charge in [0.15, 0.2) is 0 Å². The summed E-state index contributed by atoms with van der Waals surface area (Å²) in [6.45, 7) is 0. The molecular formula is C34H23N5. The smallest absolute Gasteiger partial charge is 0.138 e. The standard InChI is InChI=1S/C34H23N5/c35-21-23-11-13-24(14-12-23)25-15-17-26(18-16-25)29-6-3-7-30(37-29)31-8-4-10-34(38-31)39-32-9-2-1-5-27(32)28-22-36-20-19-33(28)39/h1-15,17-20,22,25H,16H2. The number of nitrogens with zero attached hydrogens (tertiary/aromatic N) is 5. The van der Waals surface area contributed by atoms with Crippen LogP contribution in [0, 0.1) is 11.3 Å². The molecule has 0 radical (unpaired) electrons. The number of pyridine rings is 3. The highest BCUT2D eigenvalue weighted by molar-refractivity contribution is 6.08. The van der Waals surface area contributed by atoms with E-state index < -0.39 is 0 Å². The summed E-state index contributed by atoms with van der Waals surface area (Å²) in [6, 6.07) is 32.6. The molecule has 2 aromatic carbocycles. The van der Waals surface area contributed by atoms with E-state index in [1.165, 1.54) is 5.56 Å². The Kier molecular flexibility index (Phi) is 5.57. The number of allylic oxidation sites excluding steroid dienone is 4. The zero-order chi connectivity index (χ0) is 26.2. The molecule has 0 spiro atoms. The van der Waals surface area contributed by atoms with Crippen LogP contribution in [-0.4, -0.2) is 19.5 Å². The van der Waals surface area contributed by atoms with E-state index in [9.17, 15) is 0 Å². The third-order valence-electron chi connectivity index (χ3n) is 7.31. The lowest BCUT2D eigenvalue weighted by Crippen LogP contribution is -2.01. The third-order valence-corrected chi connectivity index (χ3v) is 7.31. The first kappa shape index (κ1) is 22.8. The Bertz CT molecular complexity index is 1900. The van der Waals surface area contributed by atoms with Gasteiger partial charge in [-0.3, -0.25) is 9.55 Å². The lowest BCUT2D eigenvalue weighted by molar-refractivity contribution is 0.855. The van der Waals surface area contributed by atoms with Gasteiger partial charge < -0.3 is 0 Å². The average molecular weight is 502 g/mol. The molecule has 5 nitrogen and oxygen atoms in total. The van der Waals surface area contributed by atoms with E-state index in [0.29, 0.717) is 11.5 Å². The lowest BCUT2D eigenvalue weighted by Gasteiger charge is -2.17. The van der Waals surface area contributed by atoms with Crippen molar-refractivity contribution in [1.29, 1.82) is 5.26 Å². The van der Waals surface area contributed by atoms with Crippen LogP contribution in [0.3, 0.4) is 0 Å². The lowest BCUT2D eigenvalue weighted by atomic mass is 9.89. The predicted octanol–water partition coefficient (Wildman–Crippen LogP) is 7.63. The van der Waals surface area contributed by atoms with E-state index in [2.05, 4.69) is 58.1 Å². The molecule has 4 aromatic heterocycles. The largest absolute Gasteiger partial charge is 0.294 e. The first-order chi connectivity index (χ1) is 19.3. The summed E-state index contributed by atoms with van der Waals surface area (Å²) in [5.74, 6) is 1.14. The predicted molar refractivity (Wildman–Crippen MR) is 155 cm³/mol. The molecule has 0 fully saturated rings. The third kappa shape index (κ3) is 4.09. The van der Waals surface area contributed by atoms with Gasteiger partial charge in [0.2, 0.25) is 0 Å². The number of nitriles is 1. The Morgan fingerprint density at radius 1 is 0.744 bits per heavy atom. The Balaban J connectivity index is 1.21. The summed E-state index contributed by atoms with van der Waals surface area (Å²) in [7, 11) is 0. The highest BCUT2D eigenvalue weighted by atomic mass is 15.1. The highest BCUT2D eigenvalue weighted by Crippen LogP contribution is 2.33. The second-order valence-corrected chi connectivity index (χ2v) is 9.63. The van der Waals surface area contributed by atoms with Crippen molar-refractivity contribution in [3.05, 3.63) is 138 Å².